The van der Waals surface area contributed by atoms with E-state index in [1.54, 1.807) is 25.1 Å². The summed E-state index contributed by atoms with van der Waals surface area (Å²) in [5.74, 6) is -1.29. The first kappa shape index (κ1) is 17.8. The van der Waals surface area contributed by atoms with Gasteiger partial charge in [-0.05, 0) is 49.2 Å². The van der Waals surface area contributed by atoms with Crippen molar-refractivity contribution in [1.29, 1.82) is 0 Å². The molecule has 26 heavy (non-hydrogen) atoms. The molecule has 2 aromatic carbocycles. The maximum absolute atomic E-state index is 12.3. The van der Waals surface area contributed by atoms with Crippen LogP contribution in [0.1, 0.15) is 16.7 Å². The minimum absolute atomic E-state index is 0.109. The average molecular weight is 374 g/mol. The molecule has 1 heterocycles. The number of nitrogens with one attached hydrogen (secondary N) is 1. The predicted molar refractivity (Wildman–Crippen MR) is 99.1 cm³/mol. The van der Waals surface area contributed by atoms with Crippen molar-refractivity contribution in [1.82, 2.24) is 0 Å². The molecule has 0 unspecified atom stereocenters. The number of rotatable bonds is 3. The standard InChI is InChI=1S/C19H16ClNO5/c1-9-3-4-11(7-14(9)20)21-16(23)8-13-10(2)12-5-6-15(22)17(24)18(12)26-19(13)25/h3-7,22,24H,8H2,1-2H3,(H,21,23). The molecule has 3 rings (SSSR count). The van der Waals surface area contributed by atoms with Crippen LogP contribution in [0.2, 0.25) is 5.02 Å². The Labute approximate surface area is 153 Å². The molecule has 1 aromatic heterocycles. The zero-order valence-electron chi connectivity index (χ0n) is 14.1. The van der Waals surface area contributed by atoms with Crippen LogP contribution in [0.4, 0.5) is 5.69 Å². The molecule has 6 nitrogen and oxygen atoms in total. The molecule has 0 aliphatic heterocycles. The molecule has 0 saturated heterocycles. The van der Waals surface area contributed by atoms with Gasteiger partial charge in [0.25, 0.3) is 0 Å². The minimum Gasteiger partial charge on any atom is -0.504 e. The Morgan fingerprint density at radius 2 is 1.92 bits per heavy atom. The molecule has 134 valence electrons. The third-order valence-corrected chi connectivity index (χ3v) is 4.61. The third-order valence-electron chi connectivity index (χ3n) is 4.20. The molecule has 3 aromatic rings. The number of halogens is 1. The lowest BCUT2D eigenvalue weighted by Crippen LogP contribution is -2.20. The number of hydrogen-bond acceptors (Lipinski definition) is 5. The monoisotopic (exact) mass is 373 g/mol. The fraction of sp³-hybridized carbons (Fsp3) is 0.158. The predicted octanol–water partition coefficient (Wildman–Crippen LogP) is 3.66. The van der Waals surface area contributed by atoms with Crippen molar-refractivity contribution in [3.8, 4) is 11.5 Å². The first-order valence-electron chi connectivity index (χ1n) is 7.81. The fourth-order valence-electron chi connectivity index (χ4n) is 2.67. The summed E-state index contributed by atoms with van der Waals surface area (Å²) in [5, 5.41) is 23.0. The Bertz CT molecular complexity index is 1090. The zero-order valence-corrected chi connectivity index (χ0v) is 14.8. The van der Waals surface area contributed by atoms with Crippen LogP contribution in [0.5, 0.6) is 11.5 Å². The van der Waals surface area contributed by atoms with Crippen molar-refractivity contribution in [2.24, 2.45) is 0 Å². The van der Waals surface area contributed by atoms with Gasteiger partial charge in [-0.1, -0.05) is 17.7 Å². The molecule has 0 aliphatic rings. The minimum atomic E-state index is -0.743. The van der Waals surface area contributed by atoms with E-state index in [1.807, 2.05) is 6.92 Å². The molecule has 0 fully saturated rings. The fourth-order valence-corrected chi connectivity index (χ4v) is 2.85. The molecule has 0 spiro atoms. The van der Waals surface area contributed by atoms with E-state index in [0.717, 1.165) is 5.56 Å². The SMILES string of the molecule is Cc1ccc(NC(=O)Cc2c(C)c3ccc(O)c(O)c3oc2=O)cc1Cl. The first-order chi connectivity index (χ1) is 12.3. The Kier molecular flexibility index (Phi) is 4.61. The second-order valence-electron chi connectivity index (χ2n) is 5.99. The Hall–Kier alpha value is -2.99. The van der Waals surface area contributed by atoms with Crippen LogP contribution in [0.3, 0.4) is 0 Å². The lowest BCUT2D eigenvalue weighted by molar-refractivity contribution is -0.115. The lowest BCUT2D eigenvalue weighted by atomic mass is 10.0. The van der Waals surface area contributed by atoms with Crippen LogP contribution in [0.25, 0.3) is 11.0 Å². The third kappa shape index (κ3) is 3.23. The second-order valence-corrected chi connectivity index (χ2v) is 6.40. The maximum Gasteiger partial charge on any atom is 0.340 e. The van der Waals surface area contributed by atoms with E-state index in [4.69, 9.17) is 16.0 Å². The van der Waals surface area contributed by atoms with Crippen molar-refractivity contribution in [2.45, 2.75) is 20.3 Å². The van der Waals surface area contributed by atoms with E-state index >= 15 is 0 Å². The number of phenols is 2. The Balaban J connectivity index is 1.93. The number of aryl methyl sites for hydroxylation is 2. The quantitative estimate of drug-likeness (QED) is 0.480. The van der Waals surface area contributed by atoms with Gasteiger partial charge in [0.2, 0.25) is 11.7 Å². The molecular weight excluding hydrogens is 358 g/mol. The number of benzene rings is 2. The van der Waals surface area contributed by atoms with Gasteiger partial charge in [-0.2, -0.15) is 0 Å². The molecule has 0 aliphatic carbocycles. The van der Waals surface area contributed by atoms with Crippen LogP contribution >= 0.6 is 11.6 Å². The molecule has 0 radical (unpaired) electrons. The van der Waals surface area contributed by atoms with Gasteiger partial charge in [0.15, 0.2) is 11.3 Å². The van der Waals surface area contributed by atoms with Crippen molar-refractivity contribution < 1.29 is 19.4 Å². The van der Waals surface area contributed by atoms with Crippen LogP contribution in [0.15, 0.2) is 39.5 Å². The van der Waals surface area contributed by atoms with Gasteiger partial charge >= 0.3 is 5.63 Å². The number of fused-ring (bicyclic) bond motifs is 1. The van der Waals surface area contributed by atoms with Gasteiger partial charge < -0.3 is 19.9 Å². The lowest BCUT2D eigenvalue weighted by Gasteiger charge is -2.10. The molecular formula is C19H16ClNO5. The van der Waals surface area contributed by atoms with Gasteiger partial charge in [-0.15, -0.1) is 0 Å². The van der Waals surface area contributed by atoms with E-state index in [2.05, 4.69) is 5.32 Å². The Morgan fingerprint density at radius 1 is 1.19 bits per heavy atom. The van der Waals surface area contributed by atoms with Crippen LogP contribution in [-0.4, -0.2) is 16.1 Å². The summed E-state index contributed by atoms with van der Waals surface area (Å²) in [4.78, 5) is 24.6. The summed E-state index contributed by atoms with van der Waals surface area (Å²) in [6.07, 6.45) is -0.197. The van der Waals surface area contributed by atoms with Gasteiger partial charge in [-0.3, -0.25) is 4.79 Å². The highest BCUT2D eigenvalue weighted by Crippen LogP contribution is 2.34. The molecule has 0 atom stereocenters. The highest BCUT2D eigenvalue weighted by atomic mass is 35.5. The van der Waals surface area contributed by atoms with Crippen LogP contribution in [0, 0.1) is 13.8 Å². The molecule has 0 bridgehead atoms. The summed E-state index contributed by atoms with van der Waals surface area (Å²) in [7, 11) is 0. The summed E-state index contributed by atoms with van der Waals surface area (Å²) >= 11 is 6.04. The average Bonchev–Trinajstić information content (AvgIpc) is 2.58. The number of hydrogen-bond donors (Lipinski definition) is 3. The summed E-state index contributed by atoms with van der Waals surface area (Å²) in [6, 6.07) is 7.94. The smallest absolute Gasteiger partial charge is 0.340 e. The topological polar surface area (TPSA) is 99.8 Å². The summed E-state index contributed by atoms with van der Waals surface area (Å²) in [6.45, 7) is 3.51. The molecule has 3 N–H and O–H groups in total. The summed E-state index contributed by atoms with van der Waals surface area (Å²) < 4.78 is 5.10. The van der Waals surface area contributed by atoms with Crippen molar-refractivity contribution in [3.63, 3.8) is 0 Å². The number of aromatic hydroxyl groups is 2. The van der Waals surface area contributed by atoms with Gasteiger partial charge in [0.1, 0.15) is 0 Å². The first-order valence-corrected chi connectivity index (χ1v) is 8.19. The number of amides is 1. The number of carbonyl (C=O) groups excluding carboxylic acids is 1. The highest BCUT2D eigenvalue weighted by molar-refractivity contribution is 6.31. The van der Waals surface area contributed by atoms with E-state index in [-0.39, 0.29) is 23.3 Å². The highest BCUT2D eigenvalue weighted by Gasteiger charge is 2.18. The number of anilines is 1. The number of phenolic OH excluding ortho intramolecular Hbond substituents is 2. The van der Waals surface area contributed by atoms with Gasteiger partial charge in [0, 0.05) is 16.1 Å². The van der Waals surface area contributed by atoms with Crippen molar-refractivity contribution in [2.75, 3.05) is 5.32 Å². The molecule has 0 saturated carbocycles. The van der Waals surface area contributed by atoms with E-state index < -0.39 is 17.3 Å². The Morgan fingerprint density at radius 3 is 2.62 bits per heavy atom. The summed E-state index contributed by atoms with van der Waals surface area (Å²) in [5.41, 5.74) is 1.24. The molecule has 7 heteroatoms. The van der Waals surface area contributed by atoms with Crippen LogP contribution < -0.4 is 10.9 Å². The zero-order chi connectivity index (χ0) is 19.0. The van der Waals surface area contributed by atoms with Crippen molar-refractivity contribution in [3.05, 3.63) is 62.5 Å². The van der Waals surface area contributed by atoms with E-state index in [9.17, 15) is 19.8 Å². The molecule has 1 amide bonds. The normalized spacial score (nSPS) is 10.9. The van der Waals surface area contributed by atoms with E-state index in [1.165, 1.54) is 12.1 Å². The van der Waals surface area contributed by atoms with Gasteiger partial charge in [-0.25, -0.2) is 4.79 Å². The van der Waals surface area contributed by atoms with Crippen molar-refractivity contribution >= 4 is 34.2 Å². The second kappa shape index (κ2) is 6.72. The van der Waals surface area contributed by atoms with Gasteiger partial charge in [0.05, 0.1) is 12.0 Å². The number of carbonyl (C=O) groups is 1. The largest absolute Gasteiger partial charge is 0.504 e. The van der Waals surface area contributed by atoms with Crippen LogP contribution in [-0.2, 0) is 11.2 Å². The van der Waals surface area contributed by atoms with E-state index in [0.29, 0.717) is 21.7 Å². The maximum atomic E-state index is 12.3.